The van der Waals surface area contributed by atoms with E-state index in [2.05, 4.69) is 34.5 Å². The van der Waals surface area contributed by atoms with Crippen LogP contribution in [0.2, 0.25) is 0 Å². The number of nitrogens with zero attached hydrogens (tertiary/aromatic N) is 2. The van der Waals surface area contributed by atoms with Gasteiger partial charge in [0, 0.05) is 6.04 Å². The summed E-state index contributed by atoms with van der Waals surface area (Å²) in [7, 11) is 0. The largest absolute Gasteiger partial charge is 0.366 e. The van der Waals surface area contributed by atoms with Crippen molar-refractivity contribution in [2.24, 2.45) is 5.41 Å². The third kappa shape index (κ3) is 2.14. The number of fused-ring (bicyclic) bond motifs is 1. The van der Waals surface area contributed by atoms with Crippen molar-refractivity contribution in [3.8, 4) is 0 Å². The van der Waals surface area contributed by atoms with E-state index in [9.17, 15) is 0 Å². The van der Waals surface area contributed by atoms with Gasteiger partial charge in [-0.1, -0.05) is 13.8 Å². The quantitative estimate of drug-likeness (QED) is 0.879. The van der Waals surface area contributed by atoms with E-state index in [-0.39, 0.29) is 0 Å². The van der Waals surface area contributed by atoms with Crippen LogP contribution in [0.5, 0.6) is 0 Å². The van der Waals surface area contributed by atoms with E-state index in [4.69, 9.17) is 0 Å². The number of thiophene rings is 1. The maximum absolute atomic E-state index is 4.38. The van der Waals surface area contributed by atoms with Crippen LogP contribution in [0, 0.1) is 5.41 Å². The molecule has 1 atom stereocenters. The fraction of sp³-hybridized carbons (Fsp3) is 0.538. The molecule has 1 saturated carbocycles. The van der Waals surface area contributed by atoms with Gasteiger partial charge in [0.15, 0.2) is 0 Å². The Balaban J connectivity index is 1.84. The molecule has 0 spiro atoms. The zero-order chi connectivity index (χ0) is 11.9. The fourth-order valence-electron chi connectivity index (χ4n) is 2.64. The molecule has 2 aromatic heterocycles. The Morgan fingerprint density at radius 3 is 3.06 bits per heavy atom. The van der Waals surface area contributed by atoms with Gasteiger partial charge in [0.2, 0.25) is 0 Å². The van der Waals surface area contributed by atoms with Gasteiger partial charge in [-0.05, 0) is 36.1 Å². The van der Waals surface area contributed by atoms with Crippen LogP contribution < -0.4 is 5.32 Å². The minimum absolute atomic E-state index is 0.471. The van der Waals surface area contributed by atoms with Gasteiger partial charge in [-0.15, -0.1) is 11.3 Å². The molecule has 1 aliphatic rings. The van der Waals surface area contributed by atoms with E-state index >= 15 is 0 Å². The number of anilines is 1. The van der Waals surface area contributed by atoms with E-state index in [0.29, 0.717) is 11.5 Å². The SMILES string of the molecule is CC1(C)CCC(Nc2ncnc3ccsc23)C1. The molecule has 2 aromatic rings. The van der Waals surface area contributed by atoms with Crippen molar-refractivity contribution in [3.63, 3.8) is 0 Å². The molecule has 1 aliphatic carbocycles. The topological polar surface area (TPSA) is 37.8 Å². The number of rotatable bonds is 2. The molecule has 4 heteroatoms. The summed E-state index contributed by atoms with van der Waals surface area (Å²) < 4.78 is 1.18. The third-order valence-corrected chi connectivity index (χ3v) is 4.46. The molecule has 90 valence electrons. The minimum Gasteiger partial charge on any atom is -0.366 e. The summed E-state index contributed by atoms with van der Waals surface area (Å²) in [6, 6.07) is 2.61. The molecule has 1 N–H and O–H groups in total. The molecular formula is C13H17N3S. The first kappa shape index (κ1) is 11.0. The Morgan fingerprint density at radius 2 is 2.29 bits per heavy atom. The predicted molar refractivity (Wildman–Crippen MR) is 72.5 cm³/mol. The Kier molecular flexibility index (Phi) is 2.54. The number of hydrogen-bond donors (Lipinski definition) is 1. The average Bonchev–Trinajstić information content (AvgIpc) is 2.85. The van der Waals surface area contributed by atoms with Gasteiger partial charge in [-0.2, -0.15) is 0 Å². The van der Waals surface area contributed by atoms with Crippen molar-refractivity contribution in [3.05, 3.63) is 17.8 Å². The summed E-state index contributed by atoms with van der Waals surface area (Å²) in [4.78, 5) is 8.64. The number of nitrogens with one attached hydrogen (secondary N) is 1. The highest BCUT2D eigenvalue weighted by atomic mass is 32.1. The molecule has 17 heavy (non-hydrogen) atoms. The first-order valence-electron chi connectivity index (χ1n) is 6.09. The highest BCUT2D eigenvalue weighted by Gasteiger charge is 2.31. The zero-order valence-corrected chi connectivity index (χ0v) is 11.0. The summed E-state index contributed by atoms with van der Waals surface area (Å²) in [5, 5.41) is 5.66. The lowest BCUT2D eigenvalue weighted by molar-refractivity contribution is 0.378. The van der Waals surface area contributed by atoms with Crippen molar-refractivity contribution in [2.45, 2.75) is 39.2 Å². The molecule has 0 bridgehead atoms. The maximum Gasteiger partial charge on any atom is 0.147 e. The van der Waals surface area contributed by atoms with Crippen LogP contribution in [-0.2, 0) is 0 Å². The van der Waals surface area contributed by atoms with Crippen molar-refractivity contribution in [2.75, 3.05) is 5.32 Å². The molecule has 0 saturated heterocycles. The molecule has 0 aromatic carbocycles. The van der Waals surface area contributed by atoms with Gasteiger partial charge >= 0.3 is 0 Å². The molecule has 0 amide bonds. The van der Waals surface area contributed by atoms with Crippen molar-refractivity contribution < 1.29 is 0 Å². The summed E-state index contributed by atoms with van der Waals surface area (Å²) >= 11 is 1.71. The van der Waals surface area contributed by atoms with Crippen LogP contribution >= 0.6 is 11.3 Å². The molecule has 3 nitrogen and oxygen atoms in total. The molecule has 3 rings (SSSR count). The standard InChI is InChI=1S/C13H17N3S/c1-13(2)5-3-9(7-13)16-12-11-10(4-6-17-11)14-8-15-12/h4,6,8-9H,3,5,7H2,1-2H3,(H,14,15,16). The van der Waals surface area contributed by atoms with Crippen molar-refractivity contribution >= 4 is 27.4 Å². The smallest absolute Gasteiger partial charge is 0.147 e. The highest BCUT2D eigenvalue weighted by molar-refractivity contribution is 7.17. The van der Waals surface area contributed by atoms with Crippen molar-refractivity contribution in [1.82, 2.24) is 9.97 Å². The monoisotopic (exact) mass is 247 g/mol. The first-order valence-corrected chi connectivity index (χ1v) is 6.97. The molecule has 2 heterocycles. The van der Waals surface area contributed by atoms with Crippen LogP contribution in [0.25, 0.3) is 10.2 Å². The molecule has 1 fully saturated rings. The molecule has 0 radical (unpaired) electrons. The fourth-order valence-corrected chi connectivity index (χ4v) is 3.44. The van der Waals surface area contributed by atoms with Gasteiger partial charge in [0.25, 0.3) is 0 Å². The third-order valence-electron chi connectivity index (χ3n) is 3.55. The van der Waals surface area contributed by atoms with E-state index in [0.717, 1.165) is 11.3 Å². The van der Waals surface area contributed by atoms with Crippen molar-refractivity contribution in [1.29, 1.82) is 0 Å². The first-order chi connectivity index (χ1) is 8.14. The second-order valence-corrected chi connectivity index (χ2v) is 6.52. The van der Waals surface area contributed by atoms with E-state index < -0.39 is 0 Å². The summed E-state index contributed by atoms with van der Waals surface area (Å²) in [6.45, 7) is 4.69. The Morgan fingerprint density at radius 1 is 1.41 bits per heavy atom. The second-order valence-electron chi connectivity index (χ2n) is 5.61. The van der Waals surface area contributed by atoms with Crippen LogP contribution in [0.1, 0.15) is 33.1 Å². The lowest BCUT2D eigenvalue weighted by atomic mass is 9.92. The number of aromatic nitrogens is 2. The normalized spacial score (nSPS) is 23.1. The van der Waals surface area contributed by atoms with Gasteiger partial charge in [0.1, 0.15) is 12.1 Å². The van der Waals surface area contributed by atoms with Crippen LogP contribution in [0.4, 0.5) is 5.82 Å². The van der Waals surface area contributed by atoms with E-state index in [1.807, 2.05) is 6.07 Å². The van der Waals surface area contributed by atoms with E-state index in [1.54, 1.807) is 17.7 Å². The zero-order valence-electron chi connectivity index (χ0n) is 10.2. The molecule has 1 unspecified atom stereocenters. The summed E-state index contributed by atoms with van der Waals surface area (Å²) in [6.07, 6.45) is 5.41. The Bertz CT molecular complexity index is 532. The summed E-state index contributed by atoms with van der Waals surface area (Å²) in [5.41, 5.74) is 1.52. The second kappa shape index (κ2) is 3.95. The predicted octanol–water partition coefficient (Wildman–Crippen LogP) is 3.68. The summed E-state index contributed by atoms with van der Waals surface area (Å²) in [5.74, 6) is 1.01. The molecule has 0 aliphatic heterocycles. The van der Waals surface area contributed by atoms with Crippen LogP contribution in [0.3, 0.4) is 0 Å². The Labute approximate surface area is 105 Å². The highest BCUT2D eigenvalue weighted by Crippen LogP contribution is 2.38. The van der Waals surface area contributed by atoms with E-state index in [1.165, 1.54) is 24.0 Å². The number of hydrogen-bond acceptors (Lipinski definition) is 4. The molecular weight excluding hydrogens is 230 g/mol. The van der Waals surface area contributed by atoms with Gasteiger partial charge in [-0.3, -0.25) is 0 Å². The lowest BCUT2D eigenvalue weighted by Crippen LogP contribution is -2.18. The Hall–Kier alpha value is -1.16. The lowest BCUT2D eigenvalue weighted by Gasteiger charge is -2.18. The van der Waals surface area contributed by atoms with Gasteiger partial charge < -0.3 is 5.32 Å². The average molecular weight is 247 g/mol. The van der Waals surface area contributed by atoms with Gasteiger partial charge in [0.05, 0.1) is 10.2 Å². The van der Waals surface area contributed by atoms with Crippen LogP contribution in [-0.4, -0.2) is 16.0 Å². The van der Waals surface area contributed by atoms with Crippen LogP contribution in [0.15, 0.2) is 17.8 Å². The minimum atomic E-state index is 0.471. The van der Waals surface area contributed by atoms with Gasteiger partial charge in [-0.25, -0.2) is 9.97 Å². The maximum atomic E-state index is 4.38.